The van der Waals surface area contributed by atoms with Crippen molar-refractivity contribution in [3.63, 3.8) is 0 Å². The first-order valence-corrected chi connectivity index (χ1v) is 10.3. The van der Waals surface area contributed by atoms with E-state index in [4.69, 9.17) is 9.47 Å². The van der Waals surface area contributed by atoms with Crippen LogP contribution in [0.3, 0.4) is 0 Å². The van der Waals surface area contributed by atoms with Crippen LogP contribution in [0, 0.1) is 0 Å². The first kappa shape index (κ1) is 20.1. The summed E-state index contributed by atoms with van der Waals surface area (Å²) in [5.41, 5.74) is 2.32. The molecular weight excluding hydrogens is 370 g/mol. The molecule has 4 rings (SSSR count). The minimum atomic E-state index is -0.942. The predicted molar refractivity (Wildman–Crippen MR) is 107 cm³/mol. The van der Waals surface area contributed by atoms with Gasteiger partial charge in [0.15, 0.2) is 5.69 Å². The van der Waals surface area contributed by atoms with Gasteiger partial charge in [0.05, 0.1) is 30.0 Å². The lowest BCUT2D eigenvalue weighted by Crippen LogP contribution is -2.48. The number of rotatable bonds is 5. The molecule has 2 N–H and O–H groups in total. The van der Waals surface area contributed by atoms with Crippen molar-refractivity contribution in [2.24, 2.45) is 0 Å². The van der Waals surface area contributed by atoms with Crippen molar-refractivity contribution in [1.82, 2.24) is 15.1 Å². The molecule has 0 spiro atoms. The Kier molecular flexibility index (Phi) is 5.72. The maximum Gasteiger partial charge on any atom is 0.275 e. The van der Waals surface area contributed by atoms with E-state index in [1.54, 1.807) is 4.90 Å². The molecule has 2 aliphatic rings. The number of aromatic amines is 1. The molecule has 0 unspecified atom stereocenters. The van der Waals surface area contributed by atoms with Gasteiger partial charge >= 0.3 is 0 Å². The number of amides is 1. The van der Waals surface area contributed by atoms with Crippen LogP contribution in [-0.2, 0) is 22.4 Å². The standard InChI is InChI=1S/C22H29N3O4/c1-15-12-18-19(16(2)29-15)23-24-20(18)21(26)25(13-17-6-4-3-5-7-17)14-22(27)8-10-28-11-9-22/h3-7,15-16,27H,8-14H2,1-2H3,(H,23,24)/t15-,16+/m1/s1. The van der Waals surface area contributed by atoms with Gasteiger partial charge in [-0.05, 0) is 19.4 Å². The third-order valence-electron chi connectivity index (χ3n) is 5.85. The summed E-state index contributed by atoms with van der Waals surface area (Å²) in [5, 5.41) is 18.4. The van der Waals surface area contributed by atoms with Gasteiger partial charge in [0.2, 0.25) is 0 Å². The molecular formula is C22H29N3O4. The van der Waals surface area contributed by atoms with Crippen LogP contribution in [0.25, 0.3) is 0 Å². The zero-order chi connectivity index (χ0) is 20.4. The number of carbonyl (C=O) groups is 1. The molecule has 1 aromatic carbocycles. The van der Waals surface area contributed by atoms with Gasteiger partial charge < -0.3 is 19.5 Å². The van der Waals surface area contributed by atoms with Gasteiger partial charge in [-0.15, -0.1) is 0 Å². The van der Waals surface area contributed by atoms with E-state index in [-0.39, 0.29) is 24.7 Å². The van der Waals surface area contributed by atoms with Crippen molar-refractivity contribution in [3.05, 3.63) is 52.8 Å². The van der Waals surface area contributed by atoms with E-state index in [1.807, 2.05) is 44.2 Å². The summed E-state index contributed by atoms with van der Waals surface area (Å²) >= 11 is 0. The topological polar surface area (TPSA) is 87.7 Å². The van der Waals surface area contributed by atoms with Crippen molar-refractivity contribution in [2.45, 2.75) is 57.5 Å². The Labute approximate surface area is 171 Å². The Morgan fingerprint density at radius 2 is 2.00 bits per heavy atom. The first-order valence-electron chi connectivity index (χ1n) is 10.3. The van der Waals surface area contributed by atoms with E-state index in [2.05, 4.69) is 10.2 Å². The van der Waals surface area contributed by atoms with E-state index in [0.717, 1.165) is 16.8 Å². The van der Waals surface area contributed by atoms with Crippen LogP contribution in [0.1, 0.15) is 60.1 Å². The Morgan fingerprint density at radius 3 is 2.72 bits per heavy atom. The predicted octanol–water partition coefficient (Wildman–Crippen LogP) is 2.62. The average Bonchev–Trinajstić information content (AvgIpc) is 3.12. The zero-order valence-electron chi connectivity index (χ0n) is 17.1. The normalized spacial score (nSPS) is 23.4. The zero-order valence-corrected chi connectivity index (χ0v) is 17.1. The van der Waals surface area contributed by atoms with E-state index in [9.17, 15) is 9.90 Å². The van der Waals surface area contributed by atoms with Crippen LogP contribution in [0.4, 0.5) is 0 Å². The minimum Gasteiger partial charge on any atom is -0.388 e. The van der Waals surface area contributed by atoms with Gasteiger partial charge in [0.1, 0.15) is 0 Å². The molecule has 2 aliphatic heterocycles. The molecule has 29 heavy (non-hydrogen) atoms. The second kappa shape index (κ2) is 8.26. The monoisotopic (exact) mass is 399 g/mol. The van der Waals surface area contributed by atoms with Gasteiger partial charge in [-0.25, -0.2) is 0 Å². The number of carbonyl (C=O) groups excluding carboxylic acids is 1. The highest BCUT2D eigenvalue weighted by Crippen LogP contribution is 2.31. The molecule has 0 radical (unpaired) electrons. The van der Waals surface area contributed by atoms with Crippen LogP contribution >= 0.6 is 0 Å². The number of nitrogens with zero attached hydrogens (tertiary/aromatic N) is 2. The number of nitrogens with one attached hydrogen (secondary N) is 1. The highest BCUT2D eigenvalue weighted by atomic mass is 16.5. The highest BCUT2D eigenvalue weighted by Gasteiger charge is 2.36. The van der Waals surface area contributed by atoms with Crippen molar-refractivity contribution in [2.75, 3.05) is 19.8 Å². The van der Waals surface area contributed by atoms with Gasteiger partial charge in [-0.2, -0.15) is 5.10 Å². The van der Waals surface area contributed by atoms with Crippen LogP contribution in [0.2, 0.25) is 0 Å². The van der Waals surface area contributed by atoms with E-state index < -0.39 is 5.60 Å². The second-order valence-electron chi connectivity index (χ2n) is 8.24. The largest absolute Gasteiger partial charge is 0.388 e. The molecule has 1 fully saturated rings. The molecule has 1 aromatic heterocycles. The lowest BCUT2D eigenvalue weighted by atomic mass is 9.93. The number of hydrogen-bond donors (Lipinski definition) is 2. The number of H-pyrrole nitrogens is 1. The fourth-order valence-electron chi connectivity index (χ4n) is 4.27. The molecule has 1 saturated heterocycles. The third kappa shape index (κ3) is 4.37. The lowest BCUT2D eigenvalue weighted by Gasteiger charge is -2.37. The van der Waals surface area contributed by atoms with Crippen LogP contribution in [0.15, 0.2) is 30.3 Å². The van der Waals surface area contributed by atoms with E-state index in [0.29, 0.717) is 44.7 Å². The molecule has 156 valence electrons. The summed E-state index contributed by atoms with van der Waals surface area (Å²) in [4.78, 5) is 15.3. The van der Waals surface area contributed by atoms with Crippen molar-refractivity contribution in [3.8, 4) is 0 Å². The summed E-state index contributed by atoms with van der Waals surface area (Å²) in [7, 11) is 0. The van der Waals surface area contributed by atoms with E-state index >= 15 is 0 Å². The molecule has 0 bridgehead atoms. The van der Waals surface area contributed by atoms with Crippen molar-refractivity contribution in [1.29, 1.82) is 0 Å². The van der Waals surface area contributed by atoms with Crippen molar-refractivity contribution >= 4 is 5.91 Å². The Hall–Kier alpha value is -2.22. The molecule has 3 heterocycles. The van der Waals surface area contributed by atoms with Crippen LogP contribution in [-0.4, -0.2) is 57.6 Å². The number of hydrogen-bond acceptors (Lipinski definition) is 5. The highest BCUT2D eigenvalue weighted by molar-refractivity contribution is 5.94. The Balaban J connectivity index is 1.63. The number of ether oxygens (including phenoxy) is 2. The SMILES string of the molecule is C[C@@H]1Cc2c(C(=O)N(Cc3ccccc3)CC3(O)CCOCC3)n[nH]c2[C@H](C)O1. The summed E-state index contributed by atoms with van der Waals surface area (Å²) in [6.45, 7) is 5.67. The maximum absolute atomic E-state index is 13.6. The number of fused-ring (bicyclic) bond motifs is 1. The van der Waals surface area contributed by atoms with Gasteiger partial charge in [0, 0.05) is 44.6 Å². The lowest BCUT2D eigenvalue weighted by molar-refractivity contribution is -0.0767. The number of benzene rings is 1. The molecule has 7 heteroatoms. The molecule has 7 nitrogen and oxygen atoms in total. The minimum absolute atomic E-state index is 0.0314. The van der Waals surface area contributed by atoms with Crippen LogP contribution < -0.4 is 0 Å². The fourth-order valence-corrected chi connectivity index (χ4v) is 4.27. The summed E-state index contributed by atoms with van der Waals surface area (Å²) in [6, 6.07) is 9.85. The van der Waals surface area contributed by atoms with Gasteiger partial charge in [0.25, 0.3) is 5.91 Å². The van der Waals surface area contributed by atoms with Crippen molar-refractivity contribution < 1.29 is 19.4 Å². The molecule has 0 aliphatic carbocycles. The maximum atomic E-state index is 13.6. The molecule has 2 aromatic rings. The Morgan fingerprint density at radius 1 is 1.28 bits per heavy atom. The fraction of sp³-hybridized carbons (Fsp3) is 0.545. The second-order valence-corrected chi connectivity index (χ2v) is 8.24. The molecule has 1 amide bonds. The Bertz CT molecular complexity index is 845. The summed E-state index contributed by atoms with van der Waals surface area (Å²) in [6.07, 6.45) is 1.60. The quantitative estimate of drug-likeness (QED) is 0.807. The third-order valence-corrected chi connectivity index (χ3v) is 5.85. The smallest absolute Gasteiger partial charge is 0.275 e. The molecule has 2 atom stereocenters. The number of aromatic nitrogens is 2. The first-order chi connectivity index (χ1) is 14.0. The molecule has 0 saturated carbocycles. The summed E-state index contributed by atoms with van der Waals surface area (Å²) in [5.74, 6) is -0.160. The number of aliphatic hydroxyl groups is 1. The summed E-state index contributed by atoms with van der Waals surface area (Å²) < 4.78 is 11.3. The van der Waals surface area contributed by atoms with Gasteiger partial charge in [-0.1, -0.05) is 30.3 Å². The average molecular weight is 399 g/mol. The van der Waals surface area contributed by atoms with Gasteiger partial charge in [-0.3, -0.25) is 9.89 Å². The van der Waals surface area contributed by atoms with Crippen LogP contribution in [0.5, 0.6) is 0 Å². The van der Waals surface area contributed by atoms with E-state index in [1.165, 1.54) is 0 Å².